The van der Waals surface area contributed by atoms with E-state index in [0.717, 1.165) is 12.8 Å². The first-order chi connectivity index (χ1) is 10.9. The van der Waals surface area contributed by atoms with E-state index in [1.165, 1.54) is 5.56 Å². The molecule has 0 saturated carbocycles. The highest BCUT2D eigenvalue weighted by molar-refractivity contribution is 5.92. The Balaban J connectivity index is 1.77. The summed E-state index contributed by atoms with van der Waals surface area (Å²) in [5.74, 6) is 0.478. The fourth-order valence-corrected chi connectivity index (χ4v) is 2.13. The summed E-state index contributed by atoms with van der Waals surface area (Å²) >= 11 is 0. The molecular formula is C18H24N4O. The zero-order valence-corrected chi connectivity index (χ0v) is 14.0. The van der Waals surface area contributed by atoms with Crippen LogP contribution in [-0.2, 0) is 6.42 Å². The lowest BCUT2D eigenvalue weighted by Gasteiger charge is -2.20. The molecule has 0 saturated heterocycles. The Kier molecular flexibility index (Phi) is 5.68. The van der Waals surface area contributed by atoms with Crippen molar-refractivity contribution in [1.29, 1.82) is 0 Å². The molecule has 0 unspecified atom stereocenters. The van der Waals surface area contributed by atoms with Crippen molar-refractivity contribution in [2.24, 2.45) is 0 Å². The summed E-state index contributed by atoms with van der Waals surface area (Å²) in [5, 5.41) is 14.1. The Morgan fingerprint density at radius 1 is 1.04 bits per heavy atom. The van der Waals surface area contributed by atoms with E-state index in [1.54, 1.807) is 12.1 Å². The number of nitrogens with zero attached hydrogens (tertiary/aromatic N) is 2. The van der Waals surface area contributed by atoms with Gasteiger partial charge in [0.15, 0.2) is 5.69 Å². The zero-order chi connectivity index (χ0) is 16.7. The van der Waals surface area contributed by atoms with E-state index in [1.807, 2.05) is 39.0 Å². The number of hydrogen-bond donors (Lipinski definition) is 2. The summed E-state index contributed by atoms with van der Waals surface area (Å²) in [6.45, 7) is 6.75. The van der Waals surface area contributed by atoms with Crippen molar-refractivity contribution in [2.45, 2.75) is 39.2 Å². The Bertz CT molecular complexity index is 618. The van der Waals surface area contributed by atoms with Crippen molar-refractivity contribution in [3.05, 3.63) is 53.7 Å². The topological polar surface area (TPSA) is 66.9 Å². The molecular weight excluding hydrogens is 288 g/mol. The minimum atomic E-state index is -0.187. The molecule has 0 bridgehead atoms. The van der Waals surface area contributed by atoms with Gasteiger partial charge in [0.2, 0.25) is 0 Å². The van der Waals surface area contributed by atoms with E-state index in [2.05, 4.69) is 33.0 Å². The average Bonchev–Trinajstić information content (AvgIpc) is 2.51. The number of aryl methyl sites for hydroxylation is 1. The lowest BCUT2D eigenvalue weighted by atomic mass is 10.1. The van der Waals surface area contributed by atoms with Crippen LogP contribution in [0.25, 0.3) is 0 Å². The zero-order valence-electron chi connectivity index (χ0n) is 14.0. The highest BCUT2D eigenvalue weighted by Gasteiger charge is 2.12. The lowest BCUT2D eigenvalue weighted by molar-refractivity contribution is 0.0947. The Morgan fingerprint density at radius 2 is 1.78 bits per heavy atom. The second-order valence-corrected chi connectivity index (χ2v) is 6.52. The smallest absolute Gasteiger partial charge is 0.271 e. The van der Waals surface area contributed by atoms with Crippen molar-refractivity contribution >= 4 is 11.7 Å². The first-order valence-corrected chi connectivity index (χ1v) is 7.88. The van der Waals surface area contributed by atoms with Gasteiger partial charge in [-0.25, -0.2) is 0 Å². The molecule has 0 atom stereocenters. The fraction of sp³-hybridized carbons (Fsp3) is 0.389. The molecule has 1 aromatic heterocycles. The van der Waals surface area contributed by atoms with E-state index in [0.29, 0.717) is 18.1 Å². The molecule has 0 radical (unpaired) electrons. The third-order valence-corrected chi connectivity index (χ3v) is 3.17. The van der Waals surface area contributed by atoms with E-state index in [9.17, 15) is 4.79 Å². The van der Waals surface area contributed by atoms with Gasteiger partial charge in [0.05, 0.1) is 0 Å². The van der Waals surface area contributed by atoms with Crippen LogP contribution in [0.15, 0.2) is 42.5 Å². The number of benzene rings is 1. The van der Waals surface area contributed by atoms with Gasteiger partial charge in [-0.15, -0.1) is 10.2 Å². The van der Waals surface area contributed by atoms with Gasteiger partial charge < -0.3 is 10.6 Å². The number of carbonyl (C=O) groups excluding carboxylic acids is 1. The normalized spacial score (nSPS) is 11.1. The number of hydrogen-bond acceptors (Lipinski definition) is 4. The highest BCUT2D eigenvalue weighted by atomic mass is 16.1. The second kappa shape index (κ2) is 7.72. The summed E-state index contributed by atoms with van der Waals surface area (Å²) in [6, 6.07) is 13.7. The minimum Gasteiger partial charge on any atom is -0.364 e. The number of aromatic nitrogens is 2. The van der Waals surface area contributed by atoms with Crippen molar-refractivity contribution < 1.29 is 4.79 Å². The predicted molar refractivity (Wildman–Crippen MR) is 92.5 cm³/mol. The standard InChI is InChI=1S/C18H24N4O/c1-18(2,3)20-16-12-11-15(21-22-16)17(23)19-13-7-10-14-8-5-4-6-9-14/h4-6,8-9,11-12H,7,10,13H2,1-3H3,(H,19,23)(H,20,22). The third-order valence-electron chi connectivity index (χ3n) is 3.17. The Hall–Kier alpha value is -2.43. The van der Waals surface area contributed by atoms with Gasteiger partial charge in [0.25, 0.3) is 5.91 Å². The van der Waals surface area contributed by atoms with E-state index < -0.39 is 0 Å². The average molecular weight is 312 g/mol. The van der Waals surface area contributed by atoms with Crippen molar-refractivity contribution in [3.63, 3.8) is 0 Å². The molecule has 0 aliphatic carbocycles. The molecule has 1 aromatic carbocycles. The summed E-state index contributed by atoms with van der Waals surface area (Å²) in [5.41, 5.74) is 1.53. The Morgan fingerprint density at radius 3 is 2.39 bits per heavy atom. The van der Waals surface area contributed by atoms with Crippen LogP contribution in [-0.4, -0.2) is 28.2 Å². The number of rotatable bonds is 6. The van der Waals surface area contributed by atoms with Gasteiger partial charge in [0.1, 0.15) is 5.82 Å². The van der Waals surface area contributed by atoms with Gasteiger partial charge in [-0.05, 0) is 51.3 Å². The maximum absolute atomic E-state index is 12.0. The monoisotopic (exact) mass is 312 g/mol. The van der Waals surface area contributed by atoms with Crippen LogP contribution in [0.3, 0.4) is 0 Å². The van der Waals surface area contributed by atoms with Gasteiger partial charge >= 0.3 is 0 Å². The predicted octanol–water partition coefficient (Wildman–Crippen LogP) is 3.05. The molecule has 1 heterocycles. The molecule has 0 fully saturated rings. The van der Waals surface area contributed by atoms with Crippen LogP contribution in [0.2, 0.25) is 0 Å². The maximum atomic E-state index is 12.0. The summed E-state index contributed by atoms with van der Waals surface area (Å²) < 4.78 is 0. The molecule has 0 aliphatic rings. The molecule has 23 heavy (non-hydrogen) atoms. The van der Waals surface area contributed by atoms with Crippen LogP contribution >= 0.6 is 0 Å². The van der Waals surface area contributed by atoms with Crippen LogP contribution in [0, 0.1) is 0 Å². The fourth-order valence-electron chi connectivity index (χ4n) is 2.13. The molecule has 5 nitrogen and oxygen atoms in total. The minimum absolute atomic E-state index is 0.0874. The molecule has 0 aliphatic heterocycles. The molecule has 2 aromatic rings. The lowest BCUT2D eigenvalue weighted by Crippen LogP contribution is -2.28. The number of nitrogens with one attached hydrogen (secondary N) is 2. The molecule has 2 rings (SSSR count). The quantitative estimate of drug-likeness (QED) is 0.805. The first-order valence-electron chi connectivity index (χ1n) is 7.88. The van der Waals surface area contributed by atoms with Gasteiger partial charge in [0, 0.05) is 12.1 Å². The maximum Gasteiger partial charge on any atom is 0.271 e. The van der Waals surface area contributed by atoms with Crippen molar-refractivity contribution in [2.75, 3.05) is 11.9 Å². The SMILES string of the molecule is CC(C)(C)Nc1ccc(C(=O)NCCCc2ccccc2)nn1. The van der Waals surface area contributed by atoms with Gasteiger partial charge in [-0.3, -0.25) is 4.79 Å². The van der Waals surface area contributed by atoms with E-state index in [4.69, 9.17) is 0 Å². The molecule has 0 spiro atoms. The van der Waals surface area contributed by atoms with Gasteiger partial charge in [-0.2, -0.15) is 0 Å². The molecule has 122 valence electrons. The summed E-state index contributed by atoms with van der Waals surface area (Å²) in [6.07, 6.45) is 1.84. The Labute approximate surface area is 137 Å². The van der Waals surface area contributed by atoms with Crippen LogP contribution in [0.4, 0.5) is 5.82 Å². The number of carbonyl (C=O) groups is 1. The second-order valence-electron chi connectivity index (χ2n) is 6.52. The van der Waals surface area contributed by atoms with Crippen LogP contribution < -0.4 is 10.6 Å². The van der Waals surface area contributed by atoms with Crippen molar-refractivity contribution in [1.82, 2.24) is 15.5 Å². The van der Waals surface area contributed by atoms with E-state index in [-0.39, 0.29) is 11.4 Å². The van der Waals surface area contributed by atoms with Gasteiger partial charge in [-0.1, -0.05) is 30.3 Å². The molecule has 5 heteroatoms. The molecule has 2 N–H and O–H groups in total. The third kappa shape index (κ3) is 6.06. The highest BCUT2D eigenvalue weighted by Crippen LogP contribution is 2.10. The number of amides is 1. The van der Waals surface area contributed by atoms with Crippen LogP contribution in [0.5, 0.6) is 0 Å². The first kappa shape index (κ1) is 16.9. The summed E-state index contributed by atoms with van der Waals surface area (Å²) in [4.78, 5) is 12.0. The van der Waals surface area contributed by atoms with E-state index >= 15 is 0 Å². The van der Waals surface area contributed by atoms with Crippen molar-refractivity contribution in [3.8, 4) is 0 Å². The van der Waals surface area contributed by atoms with Crippen LogP contribution in [0.1, 0.15) is 43.2 Å². The summed E-state index contributed by atoms with van der Waals surface area (Å²) in [7, 11) is 0. The molecule has 1 amide bonds. The largest absolute Gasteiger partial charge is 0.364 e. The number of anilines is 1.